The summed E-state index contributed by atoms with van der Waals surface area (Å²) in [5.41, 5.74) is 1.04. The Labute approximate surface area is 125 Å². The van der Waals surface area contributed by atoms with Crippen LogP contribution in [0.5, 0.6) is 0 Å². The third-order valence-electron chi connectivity index (χ3n) is 4.01. The largest absolute Gasteiger partial charge is 0.478 e. The van der Waals surface area contributed by atoms with Crippen LogP contribution in [-0.2, 0) is 0 Å². The molecule has 0 aliphatic heterocycles. The highest BCUT2D eigenvalue weighted by Gasteiger charge is 2.20. The van der Waals surface area contributed by atoms with Gasteiger partial charge in [-0.2, -0.15) is 0 Å². The van der Waals surface area contributed by atoms with E-state index in [0.29, 0.717) is 11.7 Å². The Morgan fingerprint density at radius 3 is 2.81 bits per heavy atom. The van der Waals surface area contributed by atoms with Crippen LogP contribution in [0, 0.1) is 5.92 Å². The molecule has 1 aliphatic carbocycles. The van der Waals surface area contributed by atoms with Crippen molar-refractivity contribution in [1.29, 1.82) is 0 Å². The lowest BCUT2D eigenvalue weighted by molar-refractivity contribution is 0.0696. The molecule has 1 aliphatic rings. The summed E-state index contributed by atoms with van der Waals surface area (Å²) in [6, 6.07) is 3.20. The van der Waals surface area contributed by atoms with Gasteiger partial charge in [0.2, 0.25) is 0 Å². The summed E-state index contributed by atoms with van der Waals surface area (Å²) in [6.45, 7) is 4.72. The second-order valence-corrected chi connectivity index (χ2v) is 6.19. The third kappa shape index (κ3) is 4.43. The lowest BCUT2D eigenvalue weighted by Gasteiger charge is -2.26. The number of carbonyl (C=O) groups is 1. The number of aromatic nitrogens is 1. The molecule has 1 heterocycles. The van der Waals surface area contributed by atoms with Gasteiger partial charge >= 0.3 is 5.97 Å². The Kier molecular flexibility index (Phi) is 5.17. The third-order valence-corrected chi connectivity index (χ3v) is 4.01. The fraction of sp³-hybridized carbons (Fsp3) is 0.625. The topological polar surface area (TPSA) is 82.5 Å². The summed E-state index contributed by atoms with van der Waals surface area (Å²) < 4.78 is 0. The molecule has 1 aromatic heterocycles. The number of pyridine rings is 1. The van der Waals surface area contributed by atoms with E-state index in [1.807, 2.05) is 13.8 Å². The first-order chi connectivity index (χ1) is 9.95. The van der Waals surface area contributed by atoms with Crippen LogP contribution in [0.4, 0.5) is 5.82 Å². The minimum absolute atomic E-state index is 0.182. The van der Waals surface area contributed by atoms with Crippen molar-refractivity contribution in [3.8, 4) is 0 Å². The number of hydrogen-bond donors (Lipinski definition) is 3. The number of nitrogens with one attached hydrogen (secondary N) is 1. The van der Waals surface area contributed by atoms with Gasteiger partial charge in [-0.15, -0.1) is 0 Å². The first-order valence-electron chi connectivity index (χ1n) is 7.63. The quantitative estimate of drug-likeness (QED) is 0.777. The molecule has 0 aromatic carbocycles. The van der Waals surface area contributed by atoms with Gasteiger partial charge in [0.1, 0.15) is 5.82 Å². The van der Waals surface area contributed by atoms with E-state index >= 15 is 0 Å². The standard InChI is InChI=1S/C16H24N2O3/c1-10(2)14-7-12(16(20)21)8-15(18-14)17-9-11-4-3-5-13(19)6-11/h7-8,10-11,13,19H,3-6,9H2,1-2H3,(H,17,18)(H,20,21). The second-order valence-electron chi connectivity index (χ2n) is 6.19. The molecule has 0 bridgehead atoms. The Morgan fingerprint density at radius 1 is 1.43 bits per heavy atom. The molecule has 5 nitrogen and oxygen atoms in total. The van der Waals surface area contributed by atoms with Gasteiger partial charge in [0, 0.05) is 12.2 Å². The van der Waals surface area contributed by atoms with Crippen LogP contribution in [0.3, 0.4) is 0 Å². The van der Waals surface area contributed by atoms with Crippen molar-refractivity contribution in [3.63, 3.8) is 0 Å². The molecular weight excluding hydrogens is 268 g/mol. The first kappa shape index (κ1) is 15.8. The van der Waals surface area contributed by atoms with Crippen LogP contribution < -0.4 is 5.32 Å². The number of nitrogens with zero attached hydrogens (tertiary/aromatic N) is 1. The van der Waals surface area contributed by atoms with E-state index in [2.05, 4.69) is 10.3 Å². The molecule has 2 atom stereocenters. The molecule has 1 fully saturated rings. The Morgan fingerprint density at radius 2 is 2.19 bits per heavy atom. The smallest absolute Gasteiger partial charge is 0.335 e. The molecule has 0 radical (unpaired) electrons. The van der Waals surface area contributed by atoms with Crippen molar-refractivity contribution in [2.75, 3.05) is 11.9 Å². The number of aliphatic hydroxyl groups excluding tert-OH is 1. The highest BCUT2D eigenvalue weighted by Crippen LogP contribution is 2.25. The minimum Gasteiger partial charge on any atom is -0.478 e. The zero-order valence-corrected chi connectivity index (χ0v) is 12.7. The van der Waals surface area contributed by atoms with Crippen LogP contribution in [0.25, 0.3) is 0 Å². The van der Waals surface area contributed by atoms with Crippen molar-refractivity contribution in [3.05, 3.63) is 23.4 Å². The summed E-state index contributed by atoms with van der Waals surface area (Å²) in [6.07, 6.45) is 3.64. The summed E-state index contributed by atoms with van der Waals surface area (Å²) in [4.78, 5) is 15.7. The number of anilines is 1. The summed E-state index contributed by atoms with van der Waals surface area (Å²) in [7, 11) is 0. The summed E-state index contributed by atoms with van der Waals surface area (Å²) in [5.74, 6) is 0.280. The molecule has 2 unspecified atom stereocenters. The zero-order chi connectivity index (χ0) is 15.4. The number of hydrogen-bond acceptors (Lipinski definition) is 4. The molecule has 1 saturated carbocycles. The van der Waals surface area contributed by atoms with Crippen molar-refractivity contribution in [1.82, 2.24) is 4.98 Å². The number of carboxylic acid groups (broad SMARTS) is 1. The normalized spacial score (nSPS) is 22.3. The van der Waals surface area contributed by atoms with Crippen molar-refractivity contribution < 1.29 is 15.0 Å². The van der Waals surface area contributed by atoms with Crippen LogP contribution in [0.15, 0.2) is 12.1 Å². The predicted molar refractivity (Wildman–Crippen MR) is 81.7 cm³/mol. The van der Waals surface area contributed by atoms with Crippen molar-refractivity contribution in [2.45, 2.75) is 51.6 Å². The van der Waals surface area contributed by atoms with Crippen LogP contribution in [-0.4, -0.2) is 33.8 Å². The molecule has 2 rings (SSSR count). The van der Waals surface area contributed by atoms with Gasteiger partial charge < -0.3 is 15.5 Å². The molecule has 5 heteroatoms. The maximum absolute atomic E-state index is 11.2. The minimum atomic E-state index is -0.935. The fourth-order valence-corrected chi connectivity index (χ4v) is 2.76. The van der Waals surface area contributed by atoms with Gasteiger partial charge in [0.25, 0.3) is 0 Å². The SMILES string of the molecule is CC(C)c1cc(C(=O)O)cc(NCC2CCCC(O)C2)n1. The van der Waals surface area contributed by atoms with Gasteiger partial charge in [-0.3, -0.25) is 0 Å². The Balaban J connectivity index is 2.06. The lowest BCUT2D eigenvalue weighted by Crippen LogP contribution is -2.25. The van der Waals surface area contributed by atoms with Gasteiger partial charge in [-0.25, -0.2) is 9.78 Å². The molecule has 0 amide bonds. The number of aliphatic hydroxyl groups is 1. The Bertz CT molecular complexity index is 502. The van der Waals surface area contributed by atoms with Crippen LogP contribution in [0.1, 0.15) is 61.5 Å². The van der Waals surface area contributed by atoms with E-state index in [-0.39, 0.29) is 17.6 Å². The van der Waals surface area contributed by atoms with E-state index in [1.54, 1.807) is 12.1 Å². The lowest BCUT2D eigenvalue weighted by atomic mass is 9.87. The number of aromatic carboxylic acids is 1. The van der Waals surface area contributed by atoms with Crippen LogP contribution in [0.2, 0.25) is 0 Å². The van der Waals surface area contributed by atoms with E-state index in [4.69, 9.17) is 0 Å². The maximum Gasteiger partial charge on any atom is 0.335 e. The zero-order valence-electron chi connectivity index (χ0n) is 12.7. The molecule has 21 heavy (non-hydrogen) atoms. The summed E-state index contributed by atoms with van der Waals surface area (Å²) >= 11 is 0. The first-order valence-corrected chi connectivity index (χ1v) is 7.63. The monoisotopic (exact) mass is 292 g/mol. The van der Waals surface area contributed by atoms with E-state index in [9.17, 15) is 15.0 Å². The number of rotatable bonds is 5. The fourth-order valence-electron chi connectivity index (χ4n) is 2.76. The highest BCUT2D eigenvalue weighted by molar-refractivity contribution is 5.88. The number of carboxylic acids is 1. The van der Waals surface area contributed by atoms with E-state index in [0.717, 1.165) is 37.9 Å². The second kappa shape index (κ2) is 6.89. The molecule has 3 N–H and O–H groups in total. The summed E-state index contributed by atoms with van der Waals surface area (Å²) in [5, 5.41) is 22.1. The maximum atomic E-state index is 11.2. The van der Waals surface area contributed by atoms with Gasteiger partial charge in [0.05, 0.1) is 11.7 Å². The van der Waals surface area contributed by atoms with Gasteiger partial charge in [-0.1, -0.05) is 20.3 Å². The van der Waals surface area contributed by atoms with Crippen LogP contribution >= 0.6 is 0 Å². The van der Waals surface area contributed by atoms with Crippen molar-refractivity contribution in [2.24, 2.45) is 5.92 Å². The molecular formula is C16H24N2O3. The molecule has 116 valence electrons. The average molecular weight is 292 g/mol. The predicted octanol–water partition coefficient (Wildman–Crippen LogP) is 2.87. The highest BCUT2D eigenvalue weighted by atomic mass is 16.4. The van der Waals surface area contributed by atoms with Gasteiger partial charge in [0.15, 0.2) is 0 Å². The molecule has 0 saturated heterocycles. The van der Waals surface area contributed by atoms with E-state index in [1.165, 1.54) is 0 Å². The van der Waals surface area contributed by atoms with E-state index < -0.39 is 5.97 Å². The Hall–Kier alpha value is -1.62. The average Bonchev–Trinajstić information content (AvgIpc) is 2.45. The molecule has 1 aromatic rings. The molecule has 0 spiro atoms. The van der Waals surface area contributed by atoms with Gasteiger partial charge in [-0.05, 0) is 43.2 Å². The van der Waals surface area contributed by atoms with Crippen molar-refractivity contribution >= 4 is 11.8 Å².